The largest absolute Gasteiger partial charge is 0.468 e. The van der Waals surface area contributed by atoms with Gasteiger partial charge in [-0.15, -0.1) is 5.10 Å². The Morgan fingerprint density at radius 1 is 1.05 bits per heavy atom. The summed E-state index contributed by atoms with van der Waals surface area (Å²) in [5.74, 6) is 1.50. The molecule has 0 radical (unpaired) electrons. The number of rotatable bonds is 8. The third-order valence-corrected chi connectivity index (χ3v) is 7.29. The van der Waals surface area contributed by atoms with Crippen molar-refractivity contribution >= 4 is 10.9 Å². The van der Waals surface area contributed by atoms with Crippen molar-refractivity contribution in [1.82, 2.24) is 30.1 Å². The van der Waals surface area contributed by atoms with Crippen LogP contribution in [0.4, 0.5) is 0 Å². The predicted molar refractivity (Wildman–Crippen MR) is 141 cm³/mol. The maximum Gasteiger partial charge on any atom is 0.253 e. The van der Waals surface area contributed by atoms with Gasteiger partial charge < -0.3 is 9.40 Å². The Hall–Kier alpha value is -4.04. The van der Waals surface area contributed by atoms with Crippen molar-refractivity contribution < 1.29 is 4.42 Å². The summed E-state index contributed by atoms with van der Waals surface area (Å²) in [6.45, 7) is 3.14. The van der Waals surface area contributed by atoms with Gasteiger partial charge in [-0.05, 0) is 71.5 Å². The summed E-state index contributed by atoms with van der Waals surface area (Å²) in [5, 5.41) is 14.1. The number of benzene rings is 2. The summed E-state index contributed by atoms with van der Waals surface area (Å²) in [4.78, 5) is 19.0. The molecule has 37 heavy (non-hydrogen) atoms. The van der Waals surface area contributed by atoms with E-state index in [-0.39, 0.29) is 11.6 Å². The standard InChI is InChI=1S/C29H30N6O2/c1-20-13-14-26-22(16-20)17-25(29(36)30-26)27(28-31-32-33-35(28)23-10-5-6-11-23)34(19-24-12-7-15-37-24)18-21-8-3-2-4-9-21/h2-4,7-9,12-17,23,27H,5-6,10-11,18-19H2,1H3,(H,30,36)/t27-/m0/s1. The molecule has 1 saturated carbocycles. The molecule has 1 fully saturated rings. The first kappa shape index (κ1) is 23.4. The smallest absolute Gasteiger partial charge is 0.253 e. The summed E-state index contributed by atoms with van der Waals surface area (Å²) >= 11 is 0. The second-order valence-electron chi connectivity index (χ2n) is 9.94. The number of nitrogens with one attached hydrogen (secondary N) is 1. The second kappa shape index (κ2) is 10.1. The molecule has 2 aromatic carbocycles. The Bertz CT molecular complexity index is 1530. The van der Waals surface area contributed by atoms with Crippen LogP contribution < -0.4 is 5.56 Å². The monoisotopic (exact) mass is 494 g/mol. The van der Waals surface area contributed by atoms with Gasteiger partial charge in [0.25, 0.3) is 5.56 Å². The number of aromatic nitrogens is 5. The molecule has 3 heterocycles. The highest BCUT2D eigenvalue weighted by atomic mass is 16.3. The number of hydrogen-bond donors (Lipinski definition) is 1. The zero-order chi connectivity index (χ0) is 25.2. The van der Waals surface area contributed by atoms with Gasteiger partial charge in [0, 0.05) is 17.6 Å². The second-order valence-corrected chi connectivity index (χ2v) is 9.94. The molecule has 0 bridgehead atoms. The van der Waals surface area contributed by atoms with Crippen LogP contribution in [-0.4, -0.2) is 30.1 Å². The van der Waals surface area contributed by atoms with Gasteiger partial charge >= 0.3 is 0 Å². The molecule has 3 aromatic heterocycles. The van der Waals surface area contributed by atoms with Gasteiger partial charge in [0.05, 0.1) is 18.8 Å². The summed E-state index contributed by atoms with van der Waals surface area (Å²) in [7, 11) is 0. The highest BCUT2D eigenvalue weighted by Gasteiger charge is 2.33. The van der Waals surface area contributed by atoms with Crippen LogP contribution in [0, 0.1) is 6.92 Å². The Morgan fingerprint density at radius 3 is 2.68 bits per heavy atom. The van der Waals surface area contributed by atoms with E-state index in [2.05, 4.69) is 50.5 Å². The van der Waals surface area contributed by atoms with Gasteiger partial charge in [0.1, 0.15) is 11.8 Å². The number of pyridine rings is 1. The lowest BCUT2D eigenvalue weighted by atomic mass is 10.0. The molecule has 6 rings (SSSR count). The van der Waals surface area contributed by atoms with E-state index < -0.39 is 6.04 Å². The van der Waals surface area contributed by atoms with Gasteiger partial charge in [0.15, 0.2) is 5.82 Å². The Balaban J connectivity index is 1.54. The van der Waals surface area contributed by atoms with Crippen LogP contribution in [0.2, 0.25) is 0 Å². The number of furan rings is 1. The lowest BCUT2D eigenvalue weighted by molar-refractivity contribution is 0.176. The molecule has 188 valence electrons. The summed E-state index contributed by atoms with van der Waals surface area (Å²) in [6.07, 6.45) is 6.07. The molecule has 8 nitrogen and oxygen atoms in total. The van der Waals surface area contributed by atoms with Crippen molar-refractivity contribution in [3.8, 4) is 0 Å². The number of tetrazole rings is 1. The number of aromatic amines is 1. The Morgan fingerprint density at radius 2 is 1.89 bits per heavy atom. The number of H-pyrrole nitrogens is 1. The number of aryl methyl sites for hydroxylation is 1. The Labute approximate surface area is 214 Å². The van der Waals surface area contributed by atoms with E-state index in [9.17, 15) is 4.79 Å². The van der Waals surface area contributed by atoms with Crippen LogP contribution in [0.3, 0.4) is 0 Å². The van der Waals surface area contributed by atoms with Crippen molar-refractivity contribution in [1.29, 1.82) is 0 Å². The van der Waals surface area contributed by atoms with E-state index in [1.165, 1.54) is 0 Å². The molecule has 1 aliphatic carbocycles. The summed E-state index contributed by atoms with van der Waals surface area (Å²) in [6, 6.07) is 21.9. The maximum absolute atomic E-state index is 13.7. The van der Waals surface area contributed by atoms with E-state index >= 15 is 0 Å². The third kappa shape index (κ3) is 4.84. The van der Waals surface area contributed by atoms with Crippen molar-refractivity contribution in [2.24, 2.45) is 0 Å². The van der Waals surface area contributed by atoms with Crippen molar-refractivity contribution in [3.63, 3.8) is 0 Å². The van der Waals surface area contributed by atoms with Crippen LogP contribution in [0.25, 0.3) is 10.9 Å². The molecule has 1 aliphatic rings. The highest BCUT2D eigenvalue weighted by molar-refractivity contribution is 5.79. The fourth-order valence-corrected chi connectivity index (χ4v) is 5.49. The minimum absolute atomic E-state index is 0.139. The van der Waals surface area contributed by atoms with Gasteiger partial charge in [-0.1, -0.05) is 54.8 Å². The molecule has 1 N–H and O–H groups in total. The zero-order valence-electron chi connectivity index (χ0n) is 20.9. The summed E-state index contributed by atoms with van der Waals surface area (Å²) in [5.41, 5.74) is 3.56. The molecule has 0 aliphatic heterocycles. The molecule has 0 spiro atoms. The molecule has 0 saturated heterocycles. The van der Waals surface area contributed by atoms with Gasteiger partial charge in [0.2, 0.25) is 0 Å². The van der Waals surface area contributed by atoms with Crippen LogP contribution in [0.15, 0.2) is 82.2 Å². The van der Waals surface area contributed by atoms with Gasteiger partial charge in [-0.3, -0.25) is 9.69 Å². The normalized spacial score (nSPS) is 15.1. The zero-order valence-corrected chi connectivity index (χ0v) is 20.9. The molecule has 5 aromatic rings. The average Bonchev–Trinajstić information content (AvgIpc) is 3.69. The van der Waals surface area contributed by atoms with E-state index in [1.807, 2.05) is 53.2 Å². The fraction of sp³-hybridized carbons (Fsp3) is 0.310. The lowest BCUT2D eigenvalue weighted by Gasteiger charge is -2.31. The fourth-order valence-electron chi connectivity index (χ4n) is 5.49. The highest BCUT2D eigenvalue weighted by Crippen LogP contribution is 2.35. The SMILES string of the molecule is Cc1ccc2[nH]c(=O)c([C@@H](c3nnnn3C3CCCC3)N(Cc3ccccc3)Cc3ccco3)cc2c1. The van der Waals surface area contributed by atoms with Crippen molar-refractivity contribution in [2.45, 2.75) is 57.8 Å². The maximum atomic E-state index is 13.7. The molecule has 8 heteroatoms. The molecule has 0 unspecified atom stereocenters. The first-order valence-electron chi connectivity index (χ1n) is 12.9. The van der Waals surface area contributed by atoms with Crippen molar-refractivity contribution in [2.75, 3.05) is 0 Å². The minimum Gasteiger partial charge on any atom is -0.468 e. The Kier molecular flexibility index (Phi) is 6.40. The lowest BCUT2D eigenvalue weighted by Crippen LogP contribution is -2.35. The van der Waals surface area contributed by atoms with E-state index in [0.29, 0.717) is 24.5 Å². The molecular formula is C29H30N6O2. The number of hydrogen-bond acceptors (Lipinski definition) is 6. The first-order valence-corrected chi connectivity index (χ1v) is 12.9. The quantitative estimate of drug-likeness (QED) is 0.314. The average molecular weight is 495 g/mol. The van der Waals surface area contributed by atoms with Crippen LogP contribution >= 0.6 is 0 Å². The minimum atomic E-state index is -0.477. The molecule has 0 amide bonds. The van der Waals surface area contributed by atoms with Crippen LogP contribution in [0.5, 0.6) is 0 Å². The van der Waals surface area contributed by atoms with Gasteiger partial charge in [-0.2, -0.15) is 0 Å². The topological polar surface area (TPSA) is 92.8 Å². The molecular weight excluding hydrogens is 464 g/mol. The van der Waals surface area contributed by atoms with E-state index in [0.717, 1.165) is 53.5 Å². The molecule has 1 atom stereocenters. The summed E-state index contributed by atoms with van der Waals surface area (Å²) < 4.78 is 7.72. The van der Waals surface area contributed by atoms with Crippen LogP contribution in [0.1, 0.15) is 66.0 Å². The third-order valence-electron chi connectivity index (χ3n) is 7.29. The number of fused-ring (bicyclic) bond motifs is 1. The van der Waals surface area contributed by atoms with Crippen LogP contribution in [-0.2, 0) is 13.1 Å². The first-order chi connectivity index (χ1) is 18.2. The van der Waals surface area contributed by atoms with Crippen molar-refractivity contribution in [3.05, 3.63) is 112 Å². The van der Waals surface area contributed by atoms with E-state index in [4.69, 9.17) is 4.42 Å². The van der Waals surface area contributed by atoms with E-state index in [1.54, 1.807) is 6.26 Å². The van der Waals surface area contributed by atoms with Gasteiger partial charge in [-0.25, -0.2) is 4.68 Å². The predicted octanol–water partition coefficient (Wildman–Crippen LogP) is 5.32. The number of nitrogens with zero attached hydrogens (tertiary/aromatic N) is 5.